The molecule has 0 saturated carbocycles. The average Bonchev–Trinajstić information content (AvgIpc) is 2.95. The summed E-state index contributed by atoms with van der Waals surface area (Å²) in [7, 11) is 1.79. The summed E-state index contributed by atoms with van der Waals surface area (Å²) in [5, 5.41) is 5.30. The highest BCUT2D eigenvalue weighted by molar-refractivity contribution is 9.10. The van der Waals surface area contributed by atoms with E-state index in [0.29, 0.717) is 43.1 Å². The maximum absolute atomic E-state index is 13.1. The summed E-state index contributed by atoms with van der Waals surface area (Å²) in [5.74, 6) is 1.01. The van der Waals surface area contributed by atoms with Crippen LogP contribution in [0.15, 0.2) is 44.0 Å². The van der Waals surface area contributed by atoms with Crippen molar-refractivity contribution in [2.75, 3.05) is 13.1 Å². The smallest absolute Gasteiger partial charge is 0.339 e. The van der Waals surface area contributed by atoms with Gasteiger partial charge in [0.15, 0.2) is 0 Å². The third-order valence-electron chi connectivity index (χ3n) is 4.90. The molecule has 1 aliphatic heterocycles. The van der Waals surface area contributed by atoms with Gasteiger partial charge < -0.3 is 14.1 Å². The van der Waals surface area contributed by atoms with Gasteiger partial charge in [0.1, 0.15) is 23.3 Å². The van der Waals surface area contributed by atoms with Gasteiger partial charge in [-0.05, 0) is 25.1 Å². The number of fused-ring (bicyclic) bond motifs is 1. The number of carbonyl (C=O) groups is 1. The Morgan fingerprint density at radius 3 is 2.71 bits per heavy atom. The first-order chi connectivity index (χ1) is 13.4. The van der Waals surface area contributed by atoms with Crippen molar-refractivity contribution in [2.45, 2.75) is 25.9 Å². The number of ether oxygens (including phenoxy) is 1. The van der Waals surface area contributed by atoms with Gasteiger partial charge in [-0.25, -0.2) is 4.79 Å². The van der Waals surface area contributed by atoms with E-state index in [0.717, 1.165) is 15.4 Å². The van der Waals surface area contributed by atoms with Gasteiger partial charge in [-0.3, -0.25) is 9.48 Å². The highest BCUT2D eigenvalue weighted by Crippen LogP contribution is 2.25. The first-order valence-electron chi connectivity index (χ1n) is 9.11. The lowest BCUT2D eigenvalue weighted by Gasteiger charge is -2.32. The van der Waals surface area contributed by atoms with Gasteiger partial charge in [0.2, 0.25) is 0 Å². The van der Waals surface area contributed by atoms with Gasteiger partial charge in [0, 0.05) is 48.9 Å². The second kappa shape index (κ2) is 7.43. The van der Waals surface area contributed by atoms with Gasteiger partial charge in [0.25, 0.3) is 5.91 Å². The molecule has 1 saturated heterocycles. The molecule has 146 valence electrons. The Morgan fingerprint density at radius 2 is 2.00 bits per heavy atom. The Kier molecular flexibility index (Phi) is 4.97. The van der Waals surface area contributed by atoms with Crippen LogP contribution in [-0.2, 0) is 7.05 Å². The highest BCUT2D eigenvalue weighted by atomic mass is 79.9. The number of carbonyl (C=O) groups excluding carboxylic acids is 1. The van der Waals surface area contributed by atoms with Crippen molar-refractivity contribution in [3.63, 3.8) is 0 Å². The van der Waals surface area contributed by atoms with E-state index in [2.05, 4.69) is 21.0 Å². The molecule has 0 atom stereocenters. The molecule has 28 heavy (non-hydrogen) atoms. The number of aromatic nitrogens is 2. The summed E-state index contributed by atoms with van der Waals surface area (Å²) in [6.45, 7) is 2.90. The standard InChI is InChI=1S/C20H20BrN3O4/c1-12-9-15(11-18(25)27-12)28-14-5-7-24(8-6-14)20(26)19-16-4-3-13(21)10-17(16)22-23(19)2/h3-4,9-11,14H,5-8H2,1-2H3. The van der Waals surface area contributed by atoms with Crippen molar-refractivity contribution in [2.24, 2.45) is 7.05 Å². The van der Waals surface area contributed by atoms with E-state index in [4.69, 9.17) is 9.15 Å². The fourth-order valence-electron chi connectivity index (χ4n) is 3.59. The fourth-order valence-corrected chi connectivity index (χ4v) is 3.94. The summed E-state index contributed by atoms with van der Waals surface area (Å²) < 4.78 is 13.5. The number of amides is 1. The van der Waals surface area contributed by atoms with Crippen molar-refractivity contribution in [3.8, 4) is 5.75 Å². The fraction of sp³-hybridized carbons (Fsp3) is 0.350. The van der Waals surface area contributed by atoms with Crippen molar-refractivity contribution in [1.82, 2.24) is 14.7 Å². The number of benzene rings is 1. The van der Waals surface area contributed by atoms with Crippen molar-refractivity contribution < 1.29 is 13.9 Å². The lowest BCUT2D eigenvalue weighted by molar-refractivity contribution is 0.0586. The minimum atomic E-state index is -0.419. The van der Waals surface area contributed by atoms with Gasteiger partial charge in [0.05, 0.1) is 11.6 Å². The lowest BCUT2D eigenvalue weighted by atomic mass is 10.1. The molecule has 0 aliphatic carbocycles. The van der Waals surface area contributed by atoms with Crippen molar-refractivity contribution in [1.29, 1.82) is 0 Å². The van der Waals surface area contributed by atoms with Crippen LogP contribution in [0.5, 0.6) is 5.75 Å². The summed E-state index contributed by atoms with van der Waals surface area (Å²) in [5.41, 5.74) is 0.965. The summed E-state index contributed by atoms with van der Waals surface area (Å²) >= 11 is 3.44. The van der Waals surface area contributed by atoms with E-state index in [-0.39, 0.29) is 12.0 Å². The Hall–Kier alpha value is -2.61. The van der Waals surface area contributed by atoms with Gasteiger partial charge in [-0.15, -0.1) is 0 Å². The molecular weight excluding hydrogens is 426 g/mol. The van der Waals surface area contributed by atoms with Crippen LogP contribution in [-0.4, -0.2) is 39.8 Å². The summed E-state index contributed by atoms with van der Waals surface area (Å²) in [6, 6.07) is 8.80. The monoisotopic (exact) mass is 445 g/mol. The van der Waals surface area contributed by atoms with Crippen LogP contribution in [0.25, 0.3) is 10.9 Å². The zero-order chi connectivity index (χ0) is 19.8. The van der Waals surface area contributed by atoms with Crippen LogP contribution >= 0.6 is 15.9 Å². The molecule has 1 fully saturated rings. The summed E-state index contributed by atoms with van der Waals surface area (Å²) in [4.78, 5) is 26.4. The molecule has 0 unspecified atom stereocenters. The zero-order valence-corrected chi connectivity index (χ0v) is 17.2. The van der Waals surface area contributed by atoms with Crippen LogP contribution < -0.4 is 10.4 Å². The largest absolute Gasteiger partial charge is 0.490 e. The second-order valence-corrected chi connectivity index (χ2v) is 7.88. The van der Waals surface area contributed by atoms with E-state index in [1.807, 2.05) is 23.1 Å². The SMILES string of the molecule is Cc1cc(OC2CCN(C(=O)c3c4ccc(Br)cc4nn3C)CC2)cc(=O)o1. The molecule has 3 aromatic rings. The van der Waals surface area contributed by atoms with Crippen LogP contribution in [0.1, 0.15) is 29.1 Å². The predicted molar refractivity (Wildman–Crippen MR) is 108 cm³/mol. The molecule has 2 aromatic heterocycles. The minimum absolute atomic E-state index is 0.0260. The van der Waals surface area contributed by atoms with Crippen molar-refractivity contribution >= 4 is 32.7 Å². The third kappa shape index (κ3) is 3.69. The molecule has 7 nitrogen and oxygen atoms in total. The lowest BCUT2D eigenvalue weighted by Crippen LogP contribution is -2.42. The van der Waals surface area contributed by atoms with E-state index >= 15 is 0 Å². The van der Waals surface area contributed by atoms with Gasteiger partial charge in [-0.1, -0.05) is 15.9 Å². The molecule has 1 aromatic carbocycles. The highest BCUT2D eigenvalue weighted by Gasteiger charge is 2.28. The molecule has 0 N–H and O–H groups in total. The zero-order valence-electron chi connectivity index (χ0n) is 15.6. The number of likely N-dealkylation sites (tertiary alicyclic amines) is 1. The van der Waals surface area contributed by atoms with E-state index < -0.39 is 5.63 Å². The third-order valence-corrected chi connectivity index (χ3v) is 5.39. The normalized spacial score (nSPS) is 15.2. The topological polar surface area (TPSA) is 77.6 Å². The number of nitrogens with zero attached hydrogens (tertiary/aromatic N) is 3. The van der Waals surface area contributed by atoms with Gasteiger partial charge in [-0.2, -0.15) is 5.10 Å². The van der Waals surface area contributed by atoms with Crippen LogP contribution in [0, 0.1) is 6.92 Å². The van der Waals surface area contributed by atoms with E-state index in [9.17, 15) is 9.59 Å². The Balaban J connectivity index is 1.46. The number of halogens is 1. The molecule has 3 heterocycles. The molecule has 0 bridgehead atoms. The predicted octanol–water partition coefficient (Wildman–Crippen LogP) is 3.28. The van der Waals surface area contributed by atoms with Crippen LogP contribution in [0.3, 0.4) is 0 Å². The number of hydrogen-bond acceptors (Lipinski definition) is 5. The van der Waals surface area contributed by atoms with E-state index in [1.165, 1.54) is 6.07 Å². The Bertz CT molecular complexity index is 1100. The molecule has 0 radical (unpaired) electrons. The van der Waals surface area contributed by atoms with Crippen LogP contribution in [0.2, 0.25) is 0 Å². The first kappa shape index (κ1) is 18.7. The molecule has 1 aliphatic rings. The average molecular weight is 446 g/mol. The quantitative estimate of drug-likeness (QED) is 0.617. The van der Waals surface area contributed by atoms with Crippen molar-refractivity contribution in [3.05, 3.63) is 56.7 Å². The summed E-state index contributed by atoms with van der Waals surface area (Å²) in [6.07, 6.45) is 1.36. The number of aryl methyl sites for hydroxylation is 2. The minimum Gasteiger partial charge on any atom is -0.490 e. The maximum Gasteiger partial charge on any atom is 0.339 e. The molecule has 1 amide bonds. The maximum atomic E-state index is 13.1. The molecular formula is C20H20BrN3O4. The molecule has 0 spiro atoms. The molecule has 4 rings (SSSR count). The van der Waals surface area contributed by atoms with Gasteiger partial charge >= 0.3 is 5.63 Å². The van der Waals surface area contributed by atoms with Crippen LogP contribution in [0.4, 0.5) is 0 Å². The molecule has 8 heteroatoms. The second-order valence-electron chi connectivity index (χ2n) is 6.97. The number of piperidine rings is 1. The number of hydrogen-bond donors (Lipinski definition) is 0. The first-order valence-corrected chi connectivity index (χ1v) is 9.90. The Morgan fingerprint density at radius 1 is 1.25 bits per heavy atom. The van der Waals surface area contributed by atoms with E-state index in [1.54, 1.807) is 24.7 Å². The Labute approximate surface area is 170 Å². The number of rotatable bonds is 3.